The quantitative estimate of drug-likeness (QED) is 0.466. The molecule has 0 saturated carbocycles. The van der Waals surface area contributed by atoms with Crippen molar-refractivity contribution in [1.29, 1.82) is 0 Å². The molecule has 0 saturated heterocycles. The predicted octanol–water partition coefficient (Wildman–Crippen LogP) is 0.0754. The maximum absolute atomic E-state index is 8.67. The Bertz CT molecular complexity index is 64.3. The number of rotatable bonds is 2. The molecule has 4 nitrogen and oxygen atoms in total. The molecule has 0 aliphatic rings. The molecule has 6 heteroatoms. The van der Waals surface area contributed by atoms with E-state index in [1.54, 1.807) is 0 Å². The van der Waals surface area contributed by atoms with E-state index < -0.39 is 11.4 Å². The maximum atomic E-state index is 8.67. The summed E-state index contributed by atoms with van der Waals surface area (Å²) in [6, 6.07) is 0. The molecule has 2 N–H and O–H groups in total. The Balaban J connectivity index is -0.0000000910. The second kappa shape index (κ2) is 16.5. The average molecular weight is 180 g/mol. The fourth-order valence-corrected chi connectivity index (χ4v) is 0.204. The molecule has 0 aromatic heterocycles. The van der Waals surface area contributed by atoms with E-state index >= 15 is 0 Å². The molecule has 0 bridgehead atoms. The molecule has 60 valence electrons. The van der Waals surface area contributed by atoms with Crippen molar-refractivity contribution < 1.29 is 18.1 Å². The Kier molecular flexibility index (Phi) is 28.5. The van der Waals surface area contributed by atoms with E-state index in [1.165, 1.54) is 0 Å². The summed E-state index contributed by atoms with van der Waals surface area (Å²) >= 11 is -2.61. The van der Waals surface area contributed by atoms with Crippen LogP contribution >= 0.6 is 0 Å². The minimum atomic E-state index is -2.61. The van der Waals surface area contributed by atoms with Crippen molar-refractivity contribution in [3.8, 4) is 0 Å². The molecule has 0 rings (SSSR count). The summed E-state index contributed by atoms with van der Waals surface area (Å²) in [5, 5.41) is 0. The van der Waals surface area contributed by atoms with Crippen LogP contribution in [0, 0.1) is 0 Å². The topological polar surface area (TPSA) is 66.8 Å². The van der Waals surface area contributed by atoms with Gasteiger partial charge in [-0.1, -0.05) is 0 Å². The van der Waals surface area contributed by atoms with Crippen LogP contribution in [-0.4, -0.2) is 56.1 Å². The van der Waals surface area contributed by atoms with Crippen LogP contribution in [0.15, 0.2) is 0 Å². The van der Waals surface area contributed by atoms with Gasteiger partial charge < -0.3 is 4.74 Å². The van der Waals surface area contributed by atoms with Gasteiger partial charge in [-0.25, -0.2) is 0 Å². The van der Waals surface area contributed by atoms with Crippen LogP contribution in [0.2, 0.25) is 0 Å². The van der Waals surface area contributed by atoms with Crippen LogP contribution in [0.4, 0.5) is 0 Å². The Hall–Kier alpha value is 1.03. The zero-order chi connectivity index (χ0) is 7.70. The molecule has 10 heavy (non-hydrogen) atoms. The van der Waals surface area contributed by atoms with Crippen molar-refractivity contribution in [1.82, 2.24) is 0 Å². The molecule has 0 spiro atoms. The molecule has 0 radical (unpaired) electrons. The minimum absolute atomic E-state index is 0. The molecule has 0 aliphatic heterocycles. The molecule has 0 atom stereocenters. The van der Waals surface area contributed by atoms with Crippen molar-refractivity contribution in [3.05, 3.63) is 0 Å². The molecule has 0 heterocycles. The molecule has 0 fully saturated rings. The summed E-state index contributed by atoms with van der Waals surface area (Å²) in [4.78, 5) is 0. The third-order valence-corrected chi connectivity index (χ3v) is 0.408. The first-order chi connectivity index (χ1) is 4.15. The van der Waals surface area contributed by atoms with E-state index in [-0.39, 0.29) is 29.6 Å². The van der Waals surface area contributed by atoms with Crippen molar-refractivity contribution in [3.63, 3.8) is 0 Å². The molecular weight excluding hydrogens is 167 g/mol. The van der Waals surface area contributed by atoms with Gasteiger partial charge in [-0.2, -0.15) is 4.21 Å². The zero-order valence-corrected chi connectivity index (χ0v) is 6.35. The van der Waals surface area contributed by atoms with E-state index in [4.69, 9.17) is 18.1 Å². The third-order valence-electron chi connectivity index (χ3n) is 0.408. The van der Waals surface area contributed by atoms with Gasteiger partial charge in [-0.3, -0.25) is 9.11 Å². The first-order valence-electron chi connectivity index (χ1n) is 2.52. The van der Waals surface area contributed by atoms with E-state index in [1.807, 2.05) is 13.8 Å². The summed E-state index contributed by atoms with van der Waals surface area (Å²) in [7, 11) is 0. The van der Waals surface area contributed by atoms with Crippen LogP contribution in [0.25, 0.3) is 0 Å². The summed E-state index contributed by atoms with van der Waals surface area (Å²) < 4.78 is 27.7. The van der Waals surface area contributed by atoms with Crippen LogP contribution in [0.5, 0.6) is 0 Å². The normalized spacial score (nSPS) is 7.70. The van der Waals surface area contributed by atoms with E-state index in [0.717, 1.165) is 13.2 Å². The first kappa shape index (κ1) is 17.2. The van der Waals surface area contributed by atoms with Crippen molar-refractivity contribution >= 4 is 40.9 Å². The van der Waals surface area contributed by atoms with Crippen molar-refractivity contribution in [2.45, 2.75) is 13.8 Å². The standard InChI is InChI=1S/C4H10O.Na.H2O3S.H/c1-3-5-4-2;;1-4(2)3;/h3-4H2,1-2H3;;(H2,1,2,3);. The van der Waals surface area contributed by atoms with Gasteiger partial charge in [0, 0.05) is 13.2 Å². The van der Waals surface area contributed by atoms with Crippen LogP contribution in [0.1, 0.15) is 13.8 Å². The Labute approximate surface area is 85.7 Å². The van der Waals surface area contributed by atoms with Gasteiger partial charge in [0.1, 0.15) is 0 Å². The third kappa shape index (κ3) is 63.4. The monoisotopic (exact) mass is 180 g/mol. The number of hydrogen-bond acceptors (Lipinski definition) is 2. The van der Waals surface area contributed by atoms with Gasteiger partial charge in [-0.15, -0.1) is 0 Å². The second-order valence-electron chi connectivity index (χ2n) is 1.01. The summed E-state index contributed by atoms with van der Waals surface area (Å²) in [6.45, 7) is 5.67. The van der Waals surface area contributed by atoms with E-state index in [9.17, 15) is 0 Å². The average Bonchev–Trinajstić information content (AvgIpc) is 1.66. The molecular formula is C4H13NaO4S. The van der Waals surface area contributed by atoms with Gasteiger partial charge in [0.2, 0.25) is 0 Å². The fourth-order valence-electron chi connectivity index (χ4n) is 0.204. The molecule has 0 unspecified atom stereocenters. The predicted molar refractivity (Wildman–Crippen MR) is 42.7 cm³/mol. The number of hydrogen-bond donors (Lipinski definition) is 2. The molecule has 0 aliphatic carbocycles. The molecule has 0 amide bonds. The van der Waals surface area contributed by atoms with Gasteiger partial charge in [0.05, 0.1) is 0 Å². The Morgan fingerprint density at radius 2 is 1.50 bits per heavy atom. The SMILES string of the molecule is CCOCC.O=S(O)O.[NaH]. The van der Waals surface area contributed by atoms with Crippen molar-refractivity contribution in [2.24, 2.45) is 0 Å². The van der Waals surface area contributed by atoms with Crippen LogP contribution in [0.3, 0.4) is 0 Å². The zero-order valence-electron chi connectivity index (χ0n) is 5.53. The molecule has 0 aromatic carbocycles. The Morgan fingerprint density at radius 3 is 1.50 bits per heavy atom. The van der Waals surface area contributed by atoms with Gasteiger partial charge in [0.15, 0.2) is 0 Å². The summed E-state index contributed by atoms with van der Waals surface area (Å²) in [6.07, 6.45) is 0. The van der Waals surface area contributed by atoms with Crippen molar-refractivity contribution in [2.75, 3.05) is 13.2 Å². The van der Waals surface area contributed by atoms with Crippen LogP contribution < -0.4 is 0 Å². The first-order valence-corrected chi connectivity index (χ1v) is 3.59. The van der Waals surface area contributed by atoms with Gasteiger partial charge in [0.25, 0.3) is 11.4 Å². The summed E-state index contributed by atoms with van der Waals surface area (Å²) in [5.41, 5.74) is 0. The van der Waals surface area contributed by atoms with E-state index in [2.05, 4.69) is 0 Å². The van der Waals surface area contributed by atoms with Crippen LogP contribution in [-0.2, 0) is 16.1 Å². The molecule has 0 aromatic rings. The number of ether oxygens (including phenoxy) is 1. The van der Waals surface area contributed by atoms with Gasteiger partial charge in [-0.05, 0) is 13.8 Å². The van der Waals surface area contributed by atoms with Gasteiger partial charge >= 0.3 is 29.6 Å². The second-order valence-corrected chi connectivity index (χ2v) is 1.47. The Morgan fingerprint density at radius 1 is 1.30 bits per heavy atom. The fraction of sp³-hybridized carbons (Fsp3) is 1.00. The summed E-state index contributed by atoms with van der Waals surface area (Å²) in [5.74, 6) is 0. The van der Waals surface area contributed by atoms with E-state index in [0.29, 0.717) is 0 Å².